The van der Waals surface area contributed by atoms with Gasteiger partial charge < -0.3 is 15.4 Å². The molecule has 2 N–H and O–H groups in total. The number of primary amides is 1. The van der Waals surface area contributed by atoms with Crippen LogP contribution in [0.25, 0.3) is 0 Å². The van der Waals surface area contributed by atoms with Gasteiger partial charge in [-0.3, -0.25) is 9.59 Å². The summed E-state index contributed by atoms with van der Waals surface area (Å²) in [6, 6.07) is 2.19. The standard InChI is InChI=1S/C13H19N3O3/c14-9-13(3-7-19-8-4-13)12(18)16-5-1-10(2-6-16)11(15)17/h10H,1-8H2,(H2,15,17). The van der Waals surface area contributed by atoms with E-state index in [0.29, 0.717) is 52.0 Å². The summed E-state index contributed by atoms with van der Waals surface area (Å²) in [6.45, 7) is 1.93. The second-order valence-electron chi connectivity index (χ2n) is 5.28. The molecule has 0 atom stereocenters. The van der Waals surface area contributed by atoms with E-state index in [9.17, 15) is 14.9 Å². The molecule has 6 nitrogen and oxygen atoms in total. The van der Waals surface area contributed by atoms with E-state index >= 15 is 0 Å². The van der Waals surface area contributed by atoms with E-state index in [0.717, 1.165) is 0 Å². The van der Waals surface area contributed by atoms with Gasteiger partial charge in [-0.25, -0.2) is 0 Å². The third-order valence-electron chi connectivity index (χ3n) is 4.15. The lowest BCUT2D eigenvalue weighted by atomic mass is 9.79. The lowest BCUT2D eigenvalue weighted by molar-refractivity contribution is -0.145. The molecule has 2 saturated heterocycles. The highest BCUT2D eigenvalue weighted by atomic mass is 16.5. The van der Waals surface area contributed by atoms with Gasteiger partial charge in [0.25, 0.3) is 0 Å². The molecule has 104 valence electrons. The van der Waals surface area contributed by atoms with Crippen molar-refractivity contribution in [2.45, 2.75) is 25.7 Å². The highest BCUT2D eigenvalue weighted by Gasteiger charge is 2.43. The fourth-order valence-corrected chi connectivity index (χ4v) is 2.76. The first kappa shape index (κ1) is 13.8. The Hall–Kier alpha value is -1.61. The molecule has 0 aromatic carbocycles. The molecule has 0 aromatic heterocycles. The van der Waals surface area contributed by atoms with Crippen molar-refractivity contribution in [1.82, 2.24) is 4.90 Å². The molecular formula is C13H19N3O3. The van der Waals surface area contributed by atoms with Crippen molar-refractivity contribution in [3.8, 4) is 6.07 Å². The van der Waals surface area contributed by atoms with Gasteiger partial charge in [-0.15, -0.1) is 0 Å². The minimum atomic E-state index is -0.933. The third-order valence-corrected chi connectivity index (χ3v) is 4.15. The second-order valence-corrected chi connectivity index (χ2v) is 5.28. The minimum absolute atomic E-state index is 0.110. The van der Waals surface area contributed by atoms with Crippen LogP contribution in [0.4, 0.5) is 0 Å². The molecule has 6 heteroatoms. The summed E-state index contributed by atoms with van der Waals surface area (Å²) in [7, 11) is 0. The summed E-state index contributed by atoms with van der Waals surface area (Å²) in [6.07, 6.45) is 2.11. The van der Waals surface area contributed by atoms with E-state index in [2.05, 4.69) is 6.07 Å². The van der Waals surface area contributed by atoms with Crippen LogP contribution in [0.3, 0.4) is 0 Å². The molecule has 0 aliphatic carbocycles. The number of carbonyl (C=O) groups is 2. The van der Waals surface area contributed by atoms with Crippen molar-refractivity contribution in [1.29, 1.82) is 5.26 Å². The molecule has 0 bridgehead atoms. The molecular weight excluding hydrogens is 246 g/mol. The van der Waals surface area contributed by atoms with Crippen molar-refractivity contribution in [3.63, 3.8) is 0 Å². The maximum Gasteiger partial charge on any atom is 0.243 e. The van der Waals surface area contributed by atoms with Crippen LogP contribution in [0.1, 0.15) is 25.7 Å². The van der Waals surface area contributed by atoms with Crippen molar-refractivity contribution in [3.05, 3.63) is 0 Å². The minimum Gasteiger partial charge on any atom is -0.381 e. The van der Waals surface area contributed by atoms with Gasteiger partial charge in [0.05, 0.1) is 6.07 Å². The Morgan fingerprint density at radius 2 is 1.84 bits per heavy atom. The molecule has 2 aliphatic heterocycles. The molecule has 19 heavy (non-hydrogen) atoms. The number of likely N-dealkylation sites (tertiary alicyclic amines) is 1. The number of piperidine rings is 1. The summed E-state index contributed by atoms with van der Waals surface area (Å²) in [5.41, 5.74) is 4.34. The molecule has 0 aromatic rings. The van der Waals surface area contributed by atoms with E-state index < -0.39 is 5.41 Å². The quantitative estimate of drug-likeness (QED) is 0.761. The first-order valence-corrected chi connectivity index (χ1v) is 6.67. The van der Waals surface area contributed by atoms with E-state index in [1.165, 1.54) is 0 Å². The number of nitrogens with zero attached hydrogens (tertiary/aromatic N) is 2. The van der Waals surface area contributed by atoms with Crippen LogP contribution in [0.5, 0.6) is 0 Å². The summed E-state index contributed by atoms with van der Waals surface area (Å²) in [5, 5.41) is 9.36. The van der Waals surface area contributed by atoms with E-state index in [1.807, 2.05) is 0 Å². The highest BCUT2D eigenvalue weighted by molar-refractivity contribution is 5.86. The first-order valence-electron chi connectivity index (χ1n) is 6.67. The van der Waals surface area contributed by atoms with Crippen LogP contribution in [-0.2, 0) is 14.3 Å². The molecule has 2 heterocycles. The monoisotopic (exact) mass is 265 g/mol. The van der Waals surface area contributed by atoms with Crippen molar-refractivity contribution in [2.24, 2.45) is 17.1 Å². The summed E-state index contributed by atoms with van der Waals surface area (Å²) in [4.78, 5) is 25.3. The molecule has 2 amide bonds. The van der Waals surface area contributed by atoms with Gasteiger partial charge in [0.15, 0.2) is 0 Å². The molecule has 2 rings (SSSR count). The Morgan fingerprint density at radius 3 is 2.32 bits per heavy atom. The number of rotatable bonds is 2. The molecule has 0 unspecified atom stereocenters. The van der Waals surface area contributed by atoms with Crippen molar-refractivity contribution >= 4 is 11.8 Å². The van der Waals surface area contributed by atoms with Gasteiger partial charge >= 0.3 is 0 Å². The molecule has 0 spiro atoms. The van der Waals surface area contributed by atoms with Gasteiger partial charge in [-0.05, 0) is 25.7 Å². The first-order chi connectivity index (χ1) is 9.09. The summed E-state index contributed by atoms with van der Waals surface area (Å²) < 4.78 is 5.23. The Morgan fingerprint density at radius 1 is 1.26 bits per heavy atom. The molecule has 0 radical (unpaired) electrons. The number of amides is 2. The van der Waals surface area contributed by atoms with Crippen LogP contribution in [-0.4, -0.2) is 43.0 Å². The zero-order chi connectivity index (χ0) is 13.9. The summed E-state index contributed by atoms with van der Waals surface area (Å²) >= 11 is 0. The zero-order valence-electron chi connectivity index (χ0n) is 10.9. The SMILES string of the molecule is N#CC1(C(=O)N2CCC(C(N)=O)CC2)CCOCC1. The van der Waals surface area contributed by atoms with Gasteiger partial charge in [0.2, 0.25) is 11.8 Å². The Bertz CT molecular complexity index is 402. The summed E-state index contributed by atoms with van der Waals surface area (Å²) in [5.74, 6) is -0.550. The number of nitriles is 1. The van der Waals surface area contributed by atoms with E-state index in [1.54, 1.807) is 4.90 Å². The number of hydrogen-bond donors (Lipinski definition) is 1. The predicted molar refractivity (Wildman–Crippen MR) is 66.6 cm³/mol. The topological polar surface area (TPSA) is 96.4 Å². The average molecular weight is 265 g/mol. The van der Waals surface area contributed by atoms with E-state index in [-0.39, 0.29) is 17.7 Å². The predicted octanol–water partition coefficient (Wildman–Crippen LogP) is 0.0307. The van der Waals surface area contributed by atoms with Gasteiger partial charge in [-0.2, -0.15) is 5.26 Å². The number of hydrogen-bond acceptors (Lipinski definition) is 4. The Kier molecular flexibility index (Phi) is 4.05. The molecule has 2 fully saturated rings. The number of ether oxygens (including phenoxy) is 1. The van der Waals surface area contributed by atoms with Crippen LogP contribution >= 0.6 is 0 Å². The Labute approximate surface area is 112 Å². The molecule has 2 aliphatic rings. The zero-order valence-corrected chi connectivity index (χ0v) is 10.9. The Balaban J connectivity index is 2.00. The van der Waals surface area contributed by atoms with Gasteiger partial charge in [0.1, 0.15) is 5.41 Å². The highest BCUT2D eigenvalue weighted by Crippen LogP contribution is 2.33. The van der Waals surface area contributed by atoms with Gasteiger partial charge in [-0.1, -0.05) is 0 Å². The second kappa shape index (κ2) is 5.57. The lowest BCUT2D eigenvalue weighted by Crippen LogP contribution is -2.50. The maximum absolute atomic E-state index is 12.5. The van der Waals surface area contributed by atoms with Crippen LogP contribution in [0, 0.1) is 22.7 Å². The normalized spacial score (nSPS) is 23.6. The van der Waals surface area contributed by atoms with Crippen molar-refractivity contribution in [2.75, 3.05) is 26.3 Å². The fourth-order valence-electron chi connectivity index (χ4n) is 2.76. The van der Waals surface area contributed by atoms with Crippen LogP contribution in [0.15, 0.2) is 0 Å². The molecule has 0 saturated carbocycles. The van der Waals surface area contributed by atoms with Crippen LogP contribution < -0.4 is 5.73 Å². The van der Waals surface area contributed by atoms with Crippen molar-refractivity contribution < 1.29 is 14.3 Å². The average Bonchev–Trinajstić information content (AvgIpc) is 2.47. The number of nitrogens with two attached hydrogens (primary N) is 1. The maximum atomic E-state index is 12.5. The lowest BCUT2D eigenvalue weighted by Gasteiger charge is -2.37. The van der Waals surface area contributed by atoms with Crippen LogP contribution in [0.2, 0.25) is 0 Å². The smallest absolute Gasteiger partial charge is 0.243 e. The number of carbonyl (C=O) groups excluding carboxylic acids is 2. The fraction of sp³-hybridized carbons (Fsp3) is 0.769. The third kappa shape index (κ3) is 2.71. The van der Waals surface area contributed by atoms with Gasteiger partial charge in [0, 0.05) is 32.2 Å². The van der Waals surface area contributed by atoms with E-state index in [4.69, 9.17) is 10.5 Å². The largest absolute Gasteiger partial charge is 0.381 e.